The lowest BCUT2D eigenvalue weighted by atomic mass is 10.1. The van der Waals surface area contributed by atoms with Crippen molar-refractivity contribution in [3.8, 4) is 5.69 Å². The van der Waals surface area contributed by atoms with E-state index in [1.54, 1.807) is 19.1 Å². The highest BCUT2D eigenvalue weighted by Crippen LogP contribution is 2.23. The molecule has 0 saturated heterocycles. The third kappa shape index (κ3) is 6.57. The number of carbonyl (C=O) groups is 3. The van der Waals surface area contributed by atoms with Crippen molar-refractivity contribution >= 4 is 35.0 Å². The number of tetrazole rings is 1. The van der Waals surface area contributed by atoms with Gasteiger partial charge in [-0.25, -0.2) is 0 Å². The molecule has 0 bridgehead atoms. The highest BCUT2D eigenvalue weighted by Gasteiger charge is 2.26. The number of hydrogen-bond donors (Lipinski definition) is 3. The average Bonchev–Trinajstić information content (AvgIpc) is 3.34. The SMILES string of the molecule is COC(C)NC(=O)[C@H](Cc1ccccc1)NC(=O)C(=O)Nc1cc(Cl)ccc1-n1cnnn1. The molecule has 0 radical (unpaired) electrons. The minimum Gasteiger partial charge on any atom is -0.362 e. The summed E-state index contributed by atoms with van der Waals surface area (Å²) in [6.07, 6.45) is 0.928. The van der Waals surface area contributed by atoms with E-state index in [1.165, 1.54) is 24.2 Å². The Morgan fingerprint density at radius 1 is 1.09 bits per heavy atom. The molecule has 172 valence electrons. The van der Waals surface area contributed by atoms with Gasteiger partial charge in [-0.1, -0.05) is 41.9 Å². The second-order valence-corrected chi connectivity index (χ2v) is 7.41. The number of carbonyl (C=O) groups excluding carboxylic acids is 3. The van der Waals surface area contributed by atoms with Crippen LogP contribution in [-0.2, 0) is 25.5 Å². The molecule has 0 aliphatic rings. The van der Waals surface area contributed by atoms with Crippen molar-refractivity contribution in [1.82, 2.24) is 30.8 Å². The summed E-state index contributed by atoms with van der Waals surface area (Å²) in [6.45, 7) is 1.64. The van der Waals surface area contributed by atoms with Crippen molar-refractivity contribution in [3.63, 3.8) is 0 Å². The topological polar surface area (TPSA) is 140 Å². The number of anilines is 1. The van der Waals surface area contributed by atoms with Crippen molar-refractivity contribution in [2.24, 2.45) is 0 Å². The summed E-state index contributed by atoms with van der Waals surface area (Å²) >= 11 is 6.04. The molecule has 0 aliphatic heterocycles. The van der Waals surface area contributed by atoms with Gasteiger partial charge in [-0.05, 0) is 41.1 Å². The molecule has 0 aliphatic carbocycles. The lowest BCUT2D eigenvalue weighted by Gasteiger charge is -2.21. The van der Waals surface area contributed by atoms with E-state index in [4.69, 9.17) is 16.3 Å². The smallest absolute Gasteiger partial charge is 0.313 e. The van der Waals surface area contributed by atoms with E-state index in [1.807, 2.05) is 30.3 Å². The van der Waals surface area contributed by atoms with E-state index in [-0.39, 0.29) is 12.1 Å². The van der Waals surface area contributed by atoms with Crippen LogP contribution >= 0.6 is 11.6 Å². The monoisotopic (exact) mass is 471 g/mol. The summed E-state index contributed by atoms with van der Waals surface area (Å²) in [4.78, 5) is 38.0. The van der Waals surface area contributed by atoms with Crippen LogP contribution in [0.2, 0.25) is 5.02 Å². The van der Waals surface area contributed by atoms with Gasteiger partial charge in [0.05, 0.1) is 11.4 Å². The Hall–Kier alpha value is -3.83. The molecule has 2 aromatic carbocycles. The fourth-order valence-corrected chi connectivity index (χ4v) is 3.07. The Morgan fingerprint density at radius 2 is 1.85 bits per heavy atom. The zero-order valence-electron chi connectivity index (χ0n) is 17.9. The molecule has 1 aromatic heterocycles. The molecule has 0 fully saturated rings. The summed E-state index contributed by atoms with van der Waals surface area (Å²) in [6, 6.07) is 12.7. The molecule has 3 amide bonds. The Morgan fingerprint density at radius 3 is 2.52 bits per heavy atom. The summed E-state index contributed by atoms with van der Waals surface area (Å²) < 4.78 is 6.36. The van der Waals surface area contributed by atoms with Crippen LogP contribution in [0.4, 0.5) is 5.69 Å². The maximum atomic E-state index is 12.7. The Labute approximate surface area is 194 Å². The van der Waals surface area contributed by atoms with Crippen LogP contribution in [0, 0.1) is 0 Å². The zero-order valence-corrected chi connectivity index (χ0v) is 18.6. The number of aromatic nitrogens is 4. The molecule has 0 spiro atoms. The van der Waals surface area contributed by atoms with E-state index in [2.05, 4.69) is 31.5 Å². The highest BCUT2D eigenvalue weighted by atomic mass is 35.5. The molecule has 0 saturated carbocycles. The second kappa shape index (κ2) is 11.2. The maximum Gasteiger partial charge on any atom is 0.313 e. The maximum absolute atomic E-state index is 12.7. The van der Waals surface area contributed by atoms with Crippen molar-refractivity contribution < 1.29 is 19.1 Å². The molecule has 2 atom stereocenters. The Kier molecular flexibility index (Phi) is 8.06. The van der Waals surface area contributed by atoms with Crippen LogP contribution in [0.3, 0.4) is 0 Å². The predicted octanol–water partition coefficient (Wildman–Crippen LogP) is 1.09. The first-order valence-electron chi connectivity index (χ1n) is 9.89. The van der Waals surface area contributed by atoms with Crippen molar-refractivity contribution in [3.05, 3.63) is 65.4 Å². The highest BCUT2D eigenvalue weighted by molar-refractivity contribution is 6.40. The third-order valence-corrected chi connectivity index (χ3v) is 4.85. The number of ether oxygens (including phenoxy) is 1. The number of methoxy groups -OCH3 is 1. The van der Waals surface area contributed by atoms with E-state index in [0.717, 1.165) is 5.56 Å². The number of benzene rings is 2. The molecule has 33 heavy (non-hydrogen) atoms. The van der Waals surface area contributed by atoms with Crippen molar-refractivity contribution in [2.75, 3.05) is 12.4 Å². The number of nitrogens with one attached hydrogen (secondary N) is 3. The van der Waals surface area contributed by atoms with Gasteiger partial charge in [0.1, 0.15) is 18.6 Å². The fraction of sp³-hybridized carbons (Fsp3) is 0.238. The molecule has 3 aromatic rings. The molecule has 11 nitrogen and oxygen atoms in total. The third-order valence-electron chi connectivity index (χ3n) is 4.61. The number of rotatable bonds is 8. The summed E-state index contributed by atoms with van der Waals surface area (Å²) in [5.74, 6) is -2.48. The van der Waals surface area contributed by atoms with Gasteiger partial charge in [0.25, 0.3) is 0 Å². The van der Waals surface area contributed by atoms with Crippen molar-refractivity contribution in [1.29, 1.82) is 0 Å². The Bertz CT molecular complexity index is 1110. The zero-order chi connectivity index (χ0) is 23.8. The van der Waals surface area contributed by atoms with Crippen LogP contribution in [0.15, 0.2) is 54.9 Å². The first-order valence-corrected chi connectivity index (χ1v) is 10.3. The standard InChI is InChI=1S/C21H22ClN7O4/c1-13(33-2)24-19(30)17(10-14-6-4-3-5-7-14)26-21(32)20(31)25-16-11-15(22)8-9-18(16)29-12-23-27-28-29/h3-9,11-13,17H,10H2,1-2H3,(H,24,30)(H,25,31)(H,26,32)/t13?,17-/m0/s1. The van der Waals surface area contributed by atoms with Crippen LogP contribution in [0.1, 0.15) is 12.5 Å². The molecule has 12 heteroatoms. The number of halogens is 1. The summed E-state index contributed by atoms with van der Waals surface area (Å²) in [7, 11) is 1.44. The minimum absolute atomic E-state index is 0.176. The number of amides is 3. The van der Waals surface area contributed by atoms with Crippen molar-refractivity contribution in [2.45, 2.75) is 25.6 Å². The van der Waals surface area contributed by atoms with Gasteiger partial charge in [-0.15, -0.1) is 5.10 Å². The van der Waals surface area contributed by atoms with Crippen LogP contribution < -0.4 is 16.0 Å². The van der Waals surface area contributed by atoms with Crippen LogP contribution in [0.5, 0.6) is 0 Å². The van der Waals surface area contributed by atoms with Gasteiger partial charge in [0, 0.05) is 18.6 Å². The predicted molar refractivity (Wildman–Crippen MR) is 119 cm³/mol. The van der Waals surface area contributed by atoms with Gasteiger partial charge >= 0.3 is 11.8 Å². The van der Waals surface area contributed by atoms with Gasteiger partial charge in [0.2, 0.25) is 5.91 Å². The fourth-order valence-electron chi connectivity index (χ4n) is 2.90. The lowest BCUT2D eigenvalue weighted by Crippen LogP contribution is -2.52. The number of hydrogen-bond acceptors (Lipinski definition) is 7. The molecule has 3 N–H and O–H groups in total. The second-order valence-electron chi connectivity index (χ2n) is 6.97. The van der Waals surface area contributed by atoms with Gasteiger partial charge in [-0.2, -0.15) is 4.68 Å². The number of nitrogens with zero attached hydrogens (tertiary/aromatic N) is 4. The molecular formula is C21H22ClN7O4. The van der Waals surface area contributed by atoms with Gasteiger partial charge in [-0.3, -0.25) is 14.4 Å². The van der Waals surface area contributed by atoms with Crippen LogP contribution in [0.25, 0.3) is 5.69 Å². The normalized spacial score (nSPS) is 12.5. The quantitative estimate of drug-likeness (QED) is 0.330. The van der Waals surface area contributed by atoms with E-state index in [9.17, 15) is 14.4 Å². The molecule has 1 unspecified atom stereocenters. The first kappa shape index (κ1) is 23.8. The van der Waals surface area contributed by atoms with Gasteiger partial charge in [0.15, 0.2) is 0 Å². The first-order chi connectivity index (χ1) is 15.9. The van der Waals surface area contributed by atoms with Gasteiger partial charge < -0.3 is 20.7 Å². The minimum atomic E-state index is -1.01. The van der Waals surface area contributed by atoms with E-state index >= 15 is 0 Å². The summed E-state index contributed by atoms with van der Waals surface area (Å²) in [5, 5.41) is 18.8. The molecule has 1 heterocycles. The average molecular weight is 472 g/mol. The molecular weight excluding hydrogens is 450 g/mol. The van der Waals surface area contributed by atoms with Crippen LogP contribution in [-0.4, -0.2) is 57.3 Å². The Balaban J connectivity index is 1.75. The van der Waals surface area contributed by atoms with E-state index in [0.29, 0.717) is 10.7 Å². The lowest BCUT2D eigenvalue weighted by molar-refractivity contribution is -0.138. The molecule has 3 rings (SSSR count). The van der Waals surface area contributed by atoms with E-state index < -0.39 is 30.0 Å². The summed E-state index contributed by atoms with van der Waals surface area (Å²) in [5.41, 5.74) is 1.42. The largest absolute Gasteiger partial charge is 0.362 e.